The van der Waals surface area contributed by atoms with Gasteiger partial charge in [-0.25, -0.2) is 4.79 Å². The number of para-hydroxylation sites is 1. The number of thioether (sulfide) groups is 1. The highest BCUT2D eigenvalue weighted by molar-refractivity contribution is 7.98. The number of carbonyl (C=O) groups excluding carboxylic acids is 3. The summed E-state index contributed by atoms with van der Waals surface area (Å²) in [6, 6.07) is 13.3. The molecule has 0 radical (unpaired) electrons. The lowest BCUT2D eigenvalue weighted by atomic mass is 9.98. The maximum atomic E-state index is 14.1. The van der Waals surface area contributed by atoms with Crippen molar-refractivity contribution in [1.82, 2.24) is 10.2 Å². The monoisotopic (exact) mass is 541 g/mol. The van der Waals surface area contributed by atoms with E-state index in [0.29, 0.717) is 23.4 Å². The minimum absolute atomic E-state index is 0.313. The van der Waals surface area contributed by atoms with Crippen molar-refractivity contribution in [2.45, 2.75) is 85.0 Å². The minimum atomic E-state index is -0.898. The van der Waals surface area contributed by atoms with E-state index in [4.69, 9.17) is 4.74 Å². The van der Waals surface area contributed by atoms with Crippen molar-refractivity contribution in [3.05, 3.63) is 65.2 Å². The molecule has 38 heavy (non-hydrogen) atoms. The van der Waals surface area contributed by atoms with Gasteiger partial charge >= 0.3 is 6.09 Å². The van der Waals surface area contributed by atoms with E-state index in [0.717, 1.165) is 17.5 Å². The summed E-state index contributed by atoms with van der Waals surface area (Å²) in [6.45, 7) is 13.1. The summed E-state index contributed by atoms with van der Waals surface area (Å²) in [5, 5.41) is 5.80. The van der Waals surface area contributed by atoms with Gasteiger partial charge in [-0.3, -0.25) is 9.59 Å². The molecule has 2 N–H and O–H groups in total. The molecule has 2 rings (SSSR count). The highest BCUT2D eigenvalue weighted by Gasteiger charge is 2.37. The van der Waals surface area contributed by atoms with Gasteiger partial charge in [0, 0.05) is 11.7 Å². The van der Waals surface area contributed by atoms with E-state index in [1.165, 1.54) is 0 Å². The Labute approximate surface area is 232 Å². The SMILES string of the molecule is CCc1ccc(C(C(=O)Nc2ccccc2C)N(C(=O)C(CCSC)NC(=O)OC(C)(C)C)C(C)C)cc1. The minimum Gasteiger partial charge on any atom is -0.444 e. The van der Waals surface area contributed by atoms with Crippen LogP contribution in [-0.4, -0.2) is 52.5 Å². The van der Waals surface area contributed by atoms with E-state index >= 15 is 0 Å². The number of alkyl carbamates (subject to hydrolysis) is 1. The summed E-state index contributed by atoms with van der Waals surface area (Å²) in [6.07, 6.45) is 2.56. The van der Waals surface area contributed by atoms with Crippen molar-refractivity contribution in [1.29, 1.82) is 0 Å². The molecule has 2 atom stereocenters. The molecule has 0 saturated heterocycles. The van der Waals surface area contributed by atoms with Gasteiger partial charge in [-0.15, -0.1) is 0 Å². The second-order valence-electron chi connectivity index (χ2n) is 10.6. The molecule has 0 aromatic heterocycles. The molecular formula is C30H43N3O4S. The van der Waals surface area contributed by atoms with Gasteiger partial charge in [0.05, 0.1) is 0 Å². The average molecular weight is 542 g/mol. The van der Waals surface area contributed by atoms with Gasteiger partial charge in [0.25, 0.3) is 5.91 Å². The van der Waals surface area contributed by atoms with Crippen molar-refractivity contribution in [3.63, 3.8) is 0 Å². The lowest BCUT2D eigenvalue weighted by Crippen LogP contribution is -2.54. The van der Waals surface area contributed by atoms with Crippen LogP contribution in [0.1, 0.15) is 70.7 Å². The van der Waals surface area contributed by atoms with Crippen molar-refractivity contribution < 1.29 is 19.1 Å². The van der Waals surface area contributed by atoms with Crippen LogP contribution in [0.2, 0.25) is 0 Å². The van der Waals surface area contributed by atoms with Crippen molar-refractivity contribution in [3.8, 4) is 0 Å². The summed E-state index contributed by atoms with van der Waals surface area (Å²) in [7, 11) is 0. The zero-order chi connectivity index (χ0) is 28.5. The molecule has 7 nitrogen and oxygen atoms in total. The van der Waals surface area contributed by atoms with Crippen LogP contribution in [0, 0.1) is 6.92 Å². The molecule has 0 aliphatic rings. The Morgan fingerprint density at radius 2 is 1.66 bits per heavy atom. The molecule has 0 aliphatic carbocycles. The van der Waals surface area contributed by atoms with Crippen LogP contribution in [0.25, 0.3) is 0 Å². The van der Waals surface area contributed by atoms with Crippen LogP contribution >= 0.6 is 11.8 Å². The van der Waals surface area contributed by atoms with E-state index in [2.05, 4.69) is 17.6 Å². The number of carbonyl (C=O) groups is 3. The van der Waals surface area contributed by atoms with Gasteiger partial charge in [0.1, 0.15) is 17.7 Å². The van der Waals surface area contributed by atoms with Gasteiger partial charge in [0.15, 0.2) is 0 Å². The third-order valence-corrected chi connectivity index (χ3v) is 6.69. The molecule has 0 fully saturated rings. The predicted molar refractivity (Wildman–Crippen MR) is 157 cm³/mol. The molecule has 8 heteroatoms. The third kappa shape index (κ3) is 9.08. The van der Waals surface area contributed by atoms with Gasteiger partial charge in [-0.2, -0.15) is 11.8 Å². The smallest absolute Gasteiger partial charge is 0.408 e. The number of ether oxygens (including phenoxy) is 1. The second kappa shape index (κ2) is 14.2. The number of amides is 3. The van der Waals surface area contributed by atoms with Crippen molar-refractivity contribution >= 4 is 35.4 Å². The van der Waals surface area contributed by atoms with E-state index < -0.39 is 23.8 Å². The summed E-state index contributed by atoms with van der Waals surface area (Å²) < 4.78 is 5.44. The Balaban J connectivity index is 2.51. The normalized spacial score (nSPS) is 13.0. The maximum Gasteiger partial charge on any atom is 0.408 e. The van der Waals surface area contributed by atoms with Crippen LogP contribution in [-0.2, 0) is 20.7 Å². The largest absolute Gasteiger partial charge is 0.444 e. The number of hydrogen-bond acceptors (Lipinski definition) is 5. The summed E-state index contributed by atoms with van der Waals surface area (Å²) in [4.78, 5) is 42.3. The topological polar surface area (TPSA) is 87.7 Å². The summed E-state index contributed by atoms with van der Waals surface area (Å²) in [5.74, 6) is 0.0135. The fraction of sp³-hybridized carbons (Fsp3) is 0.500. The number of nitrogens with one attached hydrogen (secondary N) is 2. The number of hydrogen-bond donors (Lipinski definition) is 2. The molecule has 3 amide bonds. The van der Waals surface area contributed by atoms with Crippen LogP contribution in [0.4, 0.5) is 10.5 Å². The van der Waals surface area contributed by atoms with Gasteiger partial charge in [-0.1, -0.05) is 49.4 Å². The first-order chi connectivity index (χ1) is 17.9. The zero-order valence-electron chi connectivity index (χ0n) is 24.0. The summed E-state index contributed by atoms with van der Waals surface area (Å²) in [5.41, 5.74) is 2.75. The first-order valence-electron chi connectivity index (χ1n) is 13.1. The molecule has 208 valence electrons. The van der Waals surface area contributed by atoms with Gasteiger partial charge in [0.2, 0.25) is 5.91 Å². The lowest BCUT2D eigenvalue weighted by Gasteiger charge is -2.37. The Morgan fingerprint density at radius 1 is 1.03 bits per heavy atom. The molecule has 2 aromatic carbocycles. The Kier molecular flexibility index (Phi) is 11.7. The molecule has 0 saturated carbocycles. The maximum absolute atomic E-state index is 14.1. The summed E-state index contributed by atoms with van der Waals surface area (Å²) >= 11 is 1.58. The number of nitrogens with zero attached hydrogens (tertiary/aromatic N) is 1. The van der Waals surface area contributed by atoms with E-state index in [1.807, 2.05) is 75.6 Å². The average Bonchev–Trinajstić information content (AvgIpc) is 2.84. The van der Waals surface area contributed by atoms with E-state index in [1.54, 1.807) is 37.4 Å². The highest BCUT2D eigenvalue weighted by Crippen LogP contribution is 2.28. The van der Waals surface area contributed by atoms with E-state index in [9.17, 15) is 14.4 Å². The predicted octanol–water partition coefficient (Wildman–Crippen LogP) is 6.12. The van der Waals surface area contributed by atoms with Gasteiger partial charge in [-0.05, 0) is 89.1 Å². The fourth-order valence-electron chi connectivity index (χ4n) is 4.09. The number of benzene rings is 2. The zero-order valence-corrected chi connectivity index (χ0v) is 24.8. The van der Waals surface area contributed by atoms with Crippen LogP contribution < -0.4 is 10.6 Å². The first kappa shape index (κ1) is 31.2. The quantitative estimate of drug-likeness (QED) is 0.358. The van der Waals surface area contributed by atoms with Crippen molar-refractivity contribution in [2.24, 2.45) is 0 Å². The fourth-order valence-corrected chi connectivity index (χ4v) is 4.56. The number of anilines is 1. The molecule has 0 aliphatic heterocycles. The Bertz CT molecular complexity index is 1080. The Hall–Kier alpha value is -3.00. The van der Waals surface area contributed by atoms with Crippen LogP contribution in [0.5, 0.6) is 0 Å². The molecular weight excluding hydrogens is 498 g/mol. The Morgan fingerprint density at radius 3 is 2.18 bits per heavy atom. The third-order valence-electron chi connectivity index (χ3n) is 6.04. The lowest BCUT2D eigenvalue weighted by molar-refractivity contribution is -0.143. The first-order valence-corrected chi connectivity index (χ1v) is 14.5. The highest BCUT2D eigenvalue weighted by atomic mass is 32.2. The standard InChI is InChI=1S/C30H43N3O4S/c1-9-22-14-16-23(17-15-22)26(27(34)31-24-13-11-10-12-21(24)4)33(20(2)3)28(35)25(18-19-38-8)32-29(36)37-30(5,6)7/h10-17,20,25-26H,9,18-19H2,1-8H3,(H,31,34)(H,32,36). The van der Waals surface area contributed by atoms with Crippen LogP contribution in [0.3, 0.4) is 0 Å². The molecule has 2 aromatic rings. The second-order valence-corrected chi connectivity index (χ2v) is 11.6. The van der Waals surface area contributed by atoms with E-state index in [-0.39, 0.29) is 17.9 Å². The molecule has 0 heterocycles. The van der Waals surface area contributed by atoms with Crippen LogP contribution in [0.15, 0.2) is 48.5 Å². The molecule has 2 unspecified atom stereocenters. The molecule has 0 spiro atoms. The van der Waals surface area contributed by atoms with Gasteiger partial charge < -0.3 is 20.3 Å². The number of aryl methyl sites for hydroxylation is 2. The van der Waals surface area contributed by atoms with Crippen molar-refractivity contribution in [2.75, 3.05) is 17.3 Å². The number of rotatable bonds is 11. The molecule has 0 bridgehead atoms.